The van der Waals surface area contributed by atoms with Crippen LogP contribution in [0.2, 0.25) is 0 Å². The number of benzene rings is 1. The van der Waals surface area contributed by atoms with Crippen LogP contribution in [0.4, 0.5) is 0 Å². The predicted octanol–water partition coefficient (Wildman–Crippen LogP) is 1.98. The summed E-state index contributed by atoms with van der Waals surface area (Å²) in [6.07, 6.45) is 0. The van der Waals surface area contributed by atoms with E-state index in [0.717, 1.165) is 0 Å². The quantitative estimate of drug-likeness (QED) is 0.621. The lowest BCUT2D eigenvalue weighted by Crippen LogP contribution is -1.99. The maximum Gasteiger partial charge on any atom is 0.188 e. The number of hydrogen-bond donors (Lipinski definition) is 0. The molecule has 0 bridgehead atoms. The Balaban J connectivity index is 2.92. The monoisotopic (exact) mass is 155 g/mol. The van der Waals surface area contributed by atoms with Crippen molar-refractivity contribution in [3.05, 3.63) is 29.8 Å². The van der Waals surface area contributed by atoms with E-state index in [-0.39, 0.29) is 12.4 Å². The van der Waals surface area contributed by atoms with Crippen molar-refractivity contribution in [2.75, 3.05) is 13.9 Å². The molecule has 0 aliphatic heterocycles. The van der Waals surface area contributed by atoms with Gasteiger partial charge in [0.05, 0.1) is 0 Å². The first-order valence-corrected chi connectivity index (χ1v) is 3.27. The van der Waals surface area contributed by atoms with E-state index in [1.807, 2.05) is 0 Å². The Morgan fingerprint density at radius 2 is 2.27 bits per heavy atom. The molecule has 11 heavy (non-hydrogen) atoms. The summed E-state index contributed by atoms with van der Waals surface area (Å²) in [5.41, 5.74) is 0.206. The lowest BCUT2D eigenvalue weighted by molar-refractivity contribution is 0.0506. The Bertz CT molecular complexity index is 296. The summed E-state index contributed by atoms with van der Waals surface area (Å²) in [5.74, 6) is 0.342. The zero-order valence-electron chi connectivity index (χ0n) is 9.33. The van der Waals surface area contributed by atoms with Gasteiger partial charge >= 0.3 is 0 Å². The third-order valence-electron chi connectivity index (χ3n) is 1.22. The van der Waals surface area contributed by atoms with Gasteiger partial charge in [-0.3, -0.25) is 0 Å². The van der Waals surface area contributed by atoms with Crippen LogP contribution >= 0.6 is 0 Å². The molecule has 60 valence electrons. The topological polar surface area (TPSA) is 18.5 Å². The van der Waals surface area contributed by atoms with E-state index in [1.54, 1.807) is 18.2 Å². The maximum atomic E-state index is 7.26. The highest BCUT2D eigenvalue weighted by Crippen LogP contribution is 2.15. The molecule has 0 aliphatic carbocycles. The van der Waals surface area contributed by atoms with Gasteiger partial charge in [-0.2, -0.15) is 0 Å². The summed E-state index contributed by atoms with van der Waals surface area (Å²) in [7, 11) is 1.48. The van der Waals surface area contributed by atoms with Crippen molar-refractivity contribution in [3.8, 4) is 5.75 Å². The van der Waals surface area contributed by atoms with E-state index in [4.69, 9.17) is 13.6 Å². The minimum absolute atomic E-state index is 0.0487. The predicted molar refractivity (Wildman–Crippen MR) is 43.7 cm³/mol. The second-order valence-corrected chi connectivity index (χ2v) is 2.05. The Morgan fingerprint density at radius 1 is 1.45 bits per heavy atom. The van der Waals surface area contributed by atoms with Crippen LogP contribution in [0.15, 0.2) is 24.3 Å². The van der Waals surface area contributed by atoms with Crippen LogP contribution in [-0.4, -0.2) is 13.9 Å². The number of hydrogen-bond acceptors (Lipinski definition) is 2. The van der Waals surface area contributed by atoms with Crippen molar-refractivity contribution in [2.45, 2.75) is 6.85 Å². The highest BCUT2D eigenvalue weighted by molar-refractivity contribution is 5.31. The molecule has 2 nitrogen and oxygen atoms in total. The lowest BCUT2D eigenvalue weighted by atomic mass is 10.2. The van der Waals surface area contributed by atoms with E-state index in [0.29, 0.717) is 5.75 Å². The van der Waals surface area contributed by atoms with Crippen LogP contribution in [-0.2, 0) is 4.74 Å². The summed E-state index contributed by atoms with van der Waals surface area (Å²) in [6, 6.07) is 6.53. The van der Waals surface area contributed by atoms with Crippen LogP contribution in [0.3, 0.4) is 0 Å². The van der Waals surface area contributed by atoms with Crippen molar-refractivity contribution in [3.63, 3.8) is 0 Å². The molecule has 1 aromatic rings. The molecule has 0 radical (unpaired) electrons. The first kappa shape index (κ1) is 4.78. The average molecular weight is 155 g/mol. The highest BCUT2D eigenvalue weighted by Gasteiger charge is 1.94. The molecule has 0 unspecified atom stereocenters. The van der Waals surface area contributed by atoms with Gasteiger partial charge in [0.15, 0.2) is 6.79 Å². The maximum absolute atomic E-state index is 7.26. The molecule has 0 aromatic heterocycles. The van der Waals surface area contributed by atoms with Crippen molar-refractivity contribution >= 4 is 0 Å². The highest BCUT2D eigenvalue weighted by atomic mass is 16.7. The van der Waals surface area contributed by atoms with Crippen LogP contribution in [0.25, 0.3) is 0 Å². The minimum atomic E-state index is -2.15. The van der Waals surface area contributed by atoms with Gasteiger partial charge in [-0.05, 0) is 18.5 Å². The van der Waals surface area contributed by atoms with Gasteiger partial charge in [0.25, 0.3) is 0 Å². The molecular formula is C9H12O2. The second kappa shape index (κ2) is 3.98. The molecular weight excluding hydrogens is 140 g/mol. The van der Waals surface area contributed by atoms with Crippen LogP contribution in [0, 0.1) is 6.85 Å². The number of rotatable bonds is 3. The van der Waals surface area contributed by atoms with E-state index in [2.05, 4.69) is 0 Å². The van der Waals surface area contributed by atoms with Gasteiger partial charge in [-0.25, -0.2) is 0 Å². The fourth-order valence-electron chi connectivity index (χ4n) is 0.715. The summed E-state index contributed by atoms with van der Waals surface area (Å²) in [6.45, 7) is -2.10. The Kier molecular flexibility index (Phi) is 1.73. The standard InChI is InChI=1S/C9H12O2/c1-8-5-3-4-6-9(8)11-7-10-2/h3-6H,7H2,1-2H3/i1D3. The molecule has 0 saturated carbocycles. The van der Waals surface area contributed by atoms with Gasteiger partial charge < -0.3 is 9.47 Å². The average Bonchev–Trinajstić information content (AvgIpc) is 2.14. The van der Waals surface area contributed by atoms with Crippen LogP contribution in [0.5, 0.6) is 5.75 Å². The second-order valence-electron chi connectivity index (χ2n) is 2.05. The molecule has 0 saturated heterocycles. The van der Waals surface area contributed by atoms with E-state index in [1.165, 1.54) is 13.2 Å². The Morgan fingerprint density at radius 3 is 3.00 bits per heavy atom. The van der Waals surface area contributed by atoms with Crippen molar-refractivity contribution in [2.24, 2.45) is 0 Å². The summed E-state index contributed by atoms with van der Waals surface area (Å²) < 4.78 is 31.6. The molecule has 0 fully saturated rings. The molecule has 0 aliphatic rings. The van der Waals surface area contributed by atoms with Crippen molar-refractivity contribution in [1.29, 1.82) is 0 Å². The summed E-state index contributed by atoms with van der Waals surface area (Å²) >= 11 is 0. The number of aryl methyl sites for hydroxylation is 1. The zero-order chi connectivity index (χ0) is 10.6. The molecule has 0 amide bonds. The third kappa shape index (κ3) is 2.24. The molecule has 1 aromatic carbocycles. The van der Waals surface area contributed by atoms with Gasteiger partial charge in [0.1, 0.15) is 5.75 Å². The number of methoxy groups -OCH3 is 1. The van der Waals surface area contributed by atoms with Crippen molar-refractivity contribution in [1.82, 2.24) is 0 Å². The SMILES string of the molecule is [2H]C([2H])([2H])c1ccccc1OCOC. The number of ether oxygens (including phenoxy) is 2. The van der Waals surface area contributed by atoms with Crippen molar-refractivity contribution < 1.29 is 13.6 Å². The lowest BCUT2D eigenvalue weighted by Gasteiger charge is -2.06. The van der Waals surface area contributed by atoms with Gasteiger partial charge in [0.2, 0.25) is 0 Å². The zero-order valence-corrected chi connectivity index (χ0v) is 6.33. The molecule has 1 rings (SSSR count). The molecule has 0 atom stereocenters. The van der Waals surface area contributed by atoms with E-state index < -0.39 is 6.85 Å². The van der Waals surface area contributed by atoms with E-state index in [9.17, 15) is 0 Å². The molecule has 0 N–H and O–H groups in total. The number of para-hydroxylation sites is 1. The summed E-state index contributed by atoms with van der Waals surface area (Å²) in [5, 5.41) is 0. The Hall–Kier alpha value is -1.02. The molecule has 0 spiro atoms. The largest absolute Gasteiger partial charge is 0.467 e. The van der Waals surface area contributed by atoms with Gasteiger partial charge in [0, 0.05) is 11.2 Å². The fraction of sp³-hybridized carbons (Fsp3) is 0.333. The first-order chi connectivity index (χ1) is 6.55. The summed E-state index contributed by atoms with van der Waals surface area (Å²) in [4.78, 5) is 0. The van der Waals surface area contributed by atoms with Gasteiger partial charge in [-0.1, -0.05) is 18.2 Å². The molecule has 2 heteroatoms. The van der Waals surface area contributed by atoms with E-state index >= 15 is 0 Å². The Labute approximate surface area is 71.0 Å². The van der Waals surface area contributed by atoms with Crippen LogP contribution in [0.1, 0.15) is 9.68 Å². The molecule has 0 heterocycles. The minimum Gasteiger partial charge on any atom is -0.467 e. The fourth-order valence-corrected chi connectivity index (χ4v) is 0.715. The van der Waals surface area contributed by atoms with Gasteiger partial charge in [-0.15, -0.1) is 0 Å². The van der Waals surface area contributed by atoms with Crippen LogP contribution < -0.4 is 4.74 Å². The third-order valence-corrected chi connectivity index (χ3v) is 1.22. The first-order valence-electron chi connectivity index (χ1n) is 4.77. The smallest absolute Gasteiger partial charge is 0.188 e. The normalized spacial score (nSPS) is 14.8.